The second kappa shape index (κ2) is 9.57. The van der Waals surface area contributed by atoms with Crippen LogP contribution in [0, 0.1) is 6.92 Å². The second-order valence-electron chi connectivity index (χ2n) is 7.86. The van der Waals surface area contributed by atoms with Crippen molar-refractivity contribution in [1.29, 1.82) is 0 Å². The molecule has 0 spiro atoms. The fourth-order valence-electron chi connectivity index (χ4n) is 3.58. The standard InChI is InChI=1S/C23H24N6O4S/c1-16-7-4-8-17(15-16)22(30)33-23-25-26-27-29(23)14-13-24-34(31,32)21-12-6-9-18-19(21)10-5-11-20(18)28(2)3/h4-12,15,24H,13-14H2,1-3H3. The summed E-state index contributed by atoms with van der Waals surface area (Å²) >= 11 is 0. The fourth-order valence-corrected chi connectivity index (χ4v) is 4.82. The molecule has 1 N–H and O–H groups in total. The molecule has 0 aliphatic rings. The number of sulfonamides is 1. The Kier molecular flexibility index (Phi) is 6.57. The lowest BCUT2D eigenvalue weighted by atomic mass is 10.1. The minimum absolute atomic E-state index is 0.00781. The lowest BCUT2D eigenvalue weighted by Crippen LogP contribution is -2.28. The van der Waals surface area contributed by atoms with Crippen molar-refractivity contribution in [2.45, 2.75) is 18.4 Å². The maximum absolute atomic E-state index is 13.1. The zero-order chi connectivity index (χ0) is 24.3. The Morgan fingerprint density at radius 2 is 1.79 bits per heavy atom. The third-order valence-electron chi connectivity index (χ3n) is 5.18. The molecule has 10 nitrogen and oxygen atoms in total. The van der Waals surface area contributed by atoms with E-state index in [9.17, 15) is 13.2 Å². The van der Waals surface area contributed by atoms with Crippen LogP contribution in [-0.2, 0) is 16.6 Å². The summed E-state index contributed by atoms with van der Waals surface area (Å²) in [7, 11) is -0.0115. The highest BCUT2D eigenvalue weighted by atomic mass is 32.2. The van der Waals surface area contributed by atoms with Crippen LogP contribution < -0.4 is 14.4 Å². The van der Waals surface area contributed by atoms with Gasteiger partial charge in [-0.05, 0) is 41.6 Å². The molecule has 1 heterocycles. The Morgan fingerprint density at radius 3 is 2.56 bits per heavy atom. The number of carbonyl (C=O) groups is 1. The molecule has 0 amide bonds. The minimum Gasteiger partial charge on any atom is -0.386 e. The highest BCUT2D eigenvalue weighted by Crippen LogP contribution is 2.30. The molecule has 0 saturated carbocycles. The summed E-state index contributed by atoms with van der Waals surface area (Å²) in [4.78, 5) is 14.5. The van der Waals surface area contributed by atoms with Crippen LogP contribution in [0.2, 0.25) is 0 Å². The van der Waals surface area contributed by atoms with Gasteiger partial charge in [0.25, 0.3) is 0 Å². The zero-order valence-corrected chi connectivity index (χ0v) is 19.8. The molecule has 0 bridgehead atoms. The van der Waals surface area contributed by atoms with Crippen LogP contribution >= 0.6 is 0 Å². The van der Waals surface area contributed by atoms with E-state index in [1.54, 1.807) is 36.4 Å². The smallest absolute Gasteiger partial charge is 0.345 e. The summed E-state index contributed by atoms with van der Waals surface area (Å²) in [6, 6.07) is 17.5. The third kappa shape index (κ3) is 4.90. The fraction of sp³-hybridized carbons (Fsp3) is 0.217. The van der Waals surface area contributed by atoms with Gasteiger partial charge in [0, 0.05) is 37.1 Å². The number of nitrogens with zero attached hydrogens (tertiary/aromatic N) is 5. The van der Waals surface area contributed by atoms with E-state index in [-0.39, 0.29) is 24.0 Å². The highest BCUT2D eigenvalue weighted by molar-refractivity contribution is 7.89. The quantitative estimate of drug-likeness (QED) is 0.382. The summed E-state index contributed by atoms with van der Waals surface area (Å²) in [6.07, 6.45) is 0. The van der Waals surface area contributed by atoms with E-state index < -0.39 is 16.0 Å². The molecule has 0 atom stereocenters. The predicted molar refractivity (Wildman–Crippen MR) is 127 cm³/mol. The molecule has 0 unspecified atom stereocenters. The first kappa shape index (κ1) is 23.3. The van der Waals surface area contributed by atoms with Gasteiger partial charge in [0.2, 0.25) is 10.0 Å². The van der Waals surface area contributed by atoms with E-state index in [4.69, 9.17) is 4.74 Å². The molecule has 0 aliphatic heterocycles. The van der Waals surface area contributed by atoms with Gasteiger partial charge >= 0.3 is 12.0 Å². The largest absolute Gasteiger partial charge is 0.386 e. The Morgan fingerprint density at radius 1 is 1.06 bits per heavy atom. The lowest BCUT2D eigenvalue weighted by molar-refractivity contribution is 0.0709. The van der Waals surface area contributed by atoms with E-state index in [1.807, 2.05) is 50.2 Å². The molecule has 0 radical (unpaired) electrons. The first-order valence-corrected chi connectivity index (χ1v) is 12.0. The molecule has 4 rings (SSSR count). The Bertz CT molecular complexity index is 1450. The van der Waals surface area contributed by atoms with Crippen molar-refractivity contribution in [2.24, 2.45) is 0 Å². The molecule has 0 aliphatic carbocycles. The number of hydrogen-bond acceptors (Lipinski definition) is 8. The van der Waals surface area contributed by atoms with Crippen molar-refractivity contribution in [3.05, 3.63) is 71.8 Å². The van der Waals surface area contributed by atoms with Crippen molar-refractivity contribution in [2.75, 3.05) is 25.5 Å². The van der Waals surface area contributed by atoms with E-state index in [2.05, 4.69) is 20.2 Å². The van der Waals surface area contributed by atoms with Crippen LogP contribution in [0.5, 0.6) is 6.01 Å². The van der Waals surface area contributed by atoms with Crippen molar-refractivity contribution in [3.63, 3.8) is 0 Å². The predicted octanol–water partition coefficient (Wildman–Crippen LogP) is 2.40. The summed E-state index contributed by atoms with van der Waals surface area (Å²) in [5.41, 5.74) is 2.20. The molecule has 4 aromatic rings. The second-order valence-corrected chi connectivity index (χ2v) is 9.60. The Balaban J connectivity index is 1.47. The number of ether oxygens (including phenoxy) is 1. The lowest BCUT2D eigenvalue weighted by Gasteiger charge is -2.17. The minimum atomic E-state index is -3.82. The van der Waals surface area contributed by atoms with Crippen LogP contribution in [-0.4, -0.2) is 55.2 Å². The van der Waals surface area contributed by atoms with Gasteiger partial charge in [0.15, 0.2) is 0 Å². The number of rotatable bonds is 8. The zero-order valence-electron chi connectivity index (χ0n) is 19.0. The van der Waals surface area contributed by atoms with Crippen LogP contribution in [0.3, 0.4) is 0 Å². The van der Waals surface area contributed by atoms with Gasteiger partial charge in [-0.2, -0.15) is 4.68 Å². The first-order valence-electron chi connectivity index (χ1n) is 10.5. The topological polar surface area (TPSA) is 119 Å². The van der Waals surface area contributed by atoms with Gasteiger partial charge in [-0.1, -0.05) is 47.1 Å². The van der Waals surface area contributed by atoms with E-state index in [0.29, 0.717) is 10.9 Å². The molecule has 0 saturated heterocycles. The average Bonchev–Trinajstić information content (AvgIpc) is 3.24. The molecule has 3 aromatic carbocycles. The molecular formula is C23H24N6O4S. The third-order valence-corrected chi connectivity index (χ3v) is 6.70. The number of nitrogens with one attached hydrogen (secondary N) is 1. The number of anilines is 1. The first-order chi connectivity index (χ1) is 16.3. The number of aryl methyl sites for hydroxylation is 1. The monoisotopic (exact) mass is 480 g/mol. The van der Waals surface area contributed by atoms with Gasteiger partial charge in [0.1, 0.15) is 0 Å². The van der Waals surface area contributed by atoms with Crippen LogP contribution in [0.25, 0.3) is 10.8 Å². The van der Waals surface area contributed by atoms with Crippen molar-refractivity contribution in [3.8, 4) is 6.01 Å². The van der Waals surface area contributed by atoms with E-state index in [0.717, 1.165) is 16.6 Å². The van der Waals surface area contributed by atoms with Gasteiger partial charge < -0.3 is 9.64 Å². The molecule has 11 heteroatoms. The summed E-state index contributed by atoms with van der Waals surface area (Å²) in [5.74, 6) is -0.604. The van der Waals surface area contributed by atoms with Crippen LogP contribution in [0.1, 0.15) is 15.9 Å². The summed E-state index contributed by atoms with van der Waals surface area (Å²) < 4.78 is 35.2. The van der Waals surface area contributed by atoms with Gasteiger partial charge in [0.05, 0.1) is 17.0 Å². The highest BCUT2D eigenvalue weighted by Gasteiger charge is 2.19. The SMILES string of the molecule is Cc1cccc(C(=O)Oc2nnnn2CCNS(=O)(=O)c2cccc3c(N(C)C)cccc23)c1. The molecular weight excluding hydrogens is 456 g/mol. The number of fused-ring (bicyclic) bond motifs is 1. The van der Waals surface area contributed by atoms with Gasteiger partial charge in [-0.15, -0.1) is 0 Å². The molecule has 34 heavy (non-hydrogen) atoms. The number of esters is 1. The molecule has 176 valence electrons. The van der Waals surface area contributed by atoms with Gasteiger partial charge in [-0.25, -0.2) is 17.9 Å². The van der Waals surface area contributed by atoms with Crippen LogP contribution in [0.15, 0.2) is 65.6 Å². The van der Waals surface area contributed by atoms with Crippen molar-refractivity contribution < 1.29 is 17.9 Å². The maximum atomic E-state index is 13.1. The number of hydrogen-bond donors (Lipinski definition) is 1. The van der Waals surface area contributed by atoms with Crippen molar-refractivity contribution >= 4 is 32.5 Å². The number of aromatic nitrogens is 4. The molecule has 1 aromatic heterocycles. The maximum Gasteiger partial charge on any atom is 0.345 e. The number of carbonyl (C=O) groups excluding carboxylic acids is 1. The van der Waals surface area contributed by atoms with Crippen molar-refractivity contribution in [1.82, 2.24) is 24.9 Å². The Hall–Kier alpha value is -3.83. The molecule has 0 fully saturated rings. The number of tetrazole rings is 1. The number of benzene rings is 3. The summed E-state index contributed by atoms with van der Waals surface area (Å²) in [6.45, 7) is 1.92. The van der Waals surface area contributed by atoms with E-state index in [1.165, 1.54) is 4.68 Å². The van der Waals surface area contributed by atoms with E-state index >= 15 is 0 Å². The normalized spacial score (nSPS) is 11.5. The van der Waals surface area contributed by atoms with Gasteiger partial charge in [-0.3, -0.25) is 0 Å². The average molecular weight is 481 g/mol. The Labute approximate surface area is 197 Å². The summed E-state index contributed by atoms with van der Waals surface area (Å²) in [5, 5.41) is 12.5. The van der Waals surface area contributed by atoms with Crippen LogP contribution in [0.4, 0.5) is 5.69 Å².